The van der Waals surface area contributed by atoms with Crippen molar-refractivity contribution in [3.63, 3.8) is 0 Å². The molecule has 146 valence electrons. The molecule has 3 aliphatic rings. The number of nitrogens with zero attached hydrogens (tertiary/aromatic N) is 4. The Morgan fingerprint density at radius 3 is 2.52 bits per heavy atom. The van der Waals surface area contributed by atoms with Crippen molar-refractivity contribution in [3.8, 4) is 0 Å². The largest absolute Gasteiger partial charge is 0.381 e. The maximum absolute atomic E-state index is 12.9. The van der Waals surface area contributed by atoms with Gasteiger partial charge in [0, 0.05) is 77.3 Å². The molecule has 1 atom stereocenters. The average Bonchev–Trinajstić information content (AvgIpc) is 3.09. The number of rotatable bonds is 4. The topological polar surface area (TPSA) is 66.0 Å². The first-order chi connectivity index (χ1) is 13.2. The van der Waals surface area contributed by atoms with Crippen molar-refractivity contribution in [1.29, 1.82) is 0 Å². The maximum Gasteiger partial charge on any atom is 0.228 e. The Balaban J connectivity index is 1.28. The third-order valence-corrected chi connectivity index (χ3v) is 6.02. The van der Waals surface area contributed by atoms with E-state index in [0.717, 1.165) is 57.8 Å². The van der Waals surface area contributed by atoms with Gasteiger partial charge < -0.3 is 14.5 Å². The minimum Gasteiger partial charge on any atom is -0.381 e. The fourth-order valence-corrected chi connectivity index (χ4v) is 4.41. The average molecular weight is 372 g/mol. The highest BCUT2D eigenvalue weighted by Crippen LogP contribution is 2.23. The highest BCUT2D eigenvalue weighted by molar-refractivity contribution is 5.89. The molecule has 0 spiro atoms. The number of ether oxygens (including phenoxy) is 1. The molecule has 4 heterocycles. The second kappa shape index (κ2) is 8.35. The summed E-state index contributed by atoms with van der Waals surface area (Å²) < 4.78 is 5.45. The van der Waals surface area contributed by atoms with Crippen LogP contribution in [0.15, 0.2) is 24.5 Å². The minimum atomic E-state index is -0.200. The summed E-state index contributed by atoms with van der Waals surface area (Å²) in [4.78, 5) is 35.6. The SMILES string of the molecule is O=C1C[C@@H](C(=O)N2CCN(C3CCOCC3)CC2)CN1Cc1ccncc1. The van der Waals surface area contributed by atoms with Crippen molar-refractivity contribution in [3.05, 3.63) is 30.1 Å². The van der Waals surface area contributed by atoms with Gasteiger partial charge in [0.2, 0.25) is 11.8 Å². The minimum absolute atomic E-state index is 0.0750. The normalized spacial score (nSPS) is 25.2. The molecule has 0 N–H and O–H groups in total. The lowest BCUT2D eigenvalue weighted by molar-refractivity contribution is -0.138. The molecule has 0 bridgehead atoms. The van der Waals surface area contributed by atoms with E-state index in [2.05, 4.69) is 9.88 Å². The Morgan fingerprint density at radius 1 is 1.11 bits per heavy atom. The molecule has 0 saturated carbocycles. The van der Waals surface area contributed by atoms with Crippen molar-refractivity contribution in [2.75, 3.05) is 45.9 Å². The lowest BCUT2D eigenvalue weighted by atomic mass is 10.0. The zero-order valence-corrected chi connectivity index (χ0v) is 15.8. The number of hydrogen-bond donors (Lipinski definition) is 0. The molecule has 7 heteroatoms. The lowest BCUT2D eigenvalue weighted by Gasteiger charge is -2.41. The third-order valence-electron chi connectivity index (χ3n) is 6.02. The summed E-state index contributed by atoms with van der Waals surface area (Å²) >= 11 is 0. The van der Waals surface area contributed by atoms with Crippen molar-refractivity contribution >= 4 is 11.8 Å². The summed E-state index contributed by atoms with van der Waals surface area (Å²) in [6.45, 7) is 6.18. The number of amides is 2. The molecule has 7 nitrogen and oxygen atoms in total. The number of pyridine rings is 1. The van der Waals surface area contributed by atoms with E-state index in [1.165, 1.54) is 0 Å². The summed E-state index contributed by atoms with van der Waals surface area (Å²) in [6, 6.07) is 4.43. The van der Waals surface area contributed by atoms with Crippen molar-refractivity contribution < 1.29 is 14.3 Å². The molecule has 2 amide bonds. The van der Waals surface area contributed by atoms with Crippen molar-refractivity contribution in [2.24, 2.45) is 5.92 Å². The van der Waals surface area contributed by atoms with Gasteiger partial charge in [-0.3, -0.25) is 19.5 Å². The van der Waals surface area contributed by atoms with Crippen LogP contribution in [0, 0.1) is 5.92 Å². The molecule has 0 aliphatic carbocycles. The van der Waals surface area contributed by atoms with E-state index in [0.29, 0.717) is 25.6 Å². The van der Waals surface area contributed by atoms with Gasteiger partial charge in [-0.1, -0.05) is 0 Å². The molecule has 3 aliphatic heterocycles. The van der Waals surface area contributed by atoms with Crippen LogP contribution in [0.3, 0.4) is 0 Å². The van der Waals surface area contributed by atoms with E-state index in [1.54, 1.807) is 17.3 Å². The second-order valence-electron chi connectivity index (χ2n) is 7.74. The van der Waals surface area contributed by atoms with E-state index < -0.39 is 0 Å². The highest BCUT2D eigenvalue weighted by atomic mass is 16.5. The van der Waals surface area contributed by atoms with E-state index in [-0.39, 0.29) is 17.7 Å². The summed E-state index contributed by atoms with van der Waals surface area (Å²) in [5, 5.41) is 0. The standard InChI is InChI=1S/C20H28N4O3/c25-19-13-17(15-24(19)14-16-1-5-21-6-2-16)20(26)23-9-7-22(8-10-23)18-3-11-27-12-4-18/h1-2,5-6,17-18H,3-4,7-15H2/t17-/m1/s1. The predicted molar refractivity (Wildman–Crippen MR) is 99.8 cm³/mol. The monoisotopic (exact) mass is 372 g/mol. The molecule has 0 radical (unpaired) electrons. The molecule has 1 aromatic heterocycles. The van der Waals surface area contributed by atoms with Crippen LogP contribution in [0.25, 0.3) is 0 Å². The quantitative estimate of drug-likeness (QED) is 0.781. The Hall–Kier alpha value is -1.99. The van der Waals surface area contributed by atoms with Gasteiger partial charge in [0.15, 0.2) is 0 Å². The third kappa shape index (κ3) is 4.30. The number of carbonyl (C=O) groups excluding carboxylic acids is 2. The molecule has 0 aromatic carbocycles. The van der Waals surface area contributed by atoms with Crippen LogP contribution in [0.5, 0.6) is 0 Å². The maximum atomic E-state index is 12.9. The number of piperazine rings is 1. The first-order valence-corrected chi connectivity index (χ1v) is 9.98. The predicted octanol–water partition coefficient (Wildman–Crippen LogP) is 0.753. The van der Waals surface area contributed by atoms with Crippen LogP contribution < -0.4 is 0 Å². The fraction of sp³-hybridized carbons (Fsp3) is 0.650. The van der Waals surface area contributed by atoms with Gasteiger partial charge in [-0.25, -0.2) is 0 Å². The summed E-state index contributed by atoms with van der Waals surface area (Å²) in [7, 11) is 0. The van der Waals surface area contributed by atoms with Crippen LogP contribution in [0.1, 0.15) is 24.8 Å². The van der Waals surface area contributed by atoms with Crippen LogP contribution in [-0.4, -0.2) is 83.5 Å². The smallest absolute Gasteiger partial charge is 0.228 e. The van der Waals surface area contributed by atoms with Gasteiger partial charge in [0.1, 0.15) is 0 Å². The van der Waals surface area contributed by atoms with Crippen molar-refractivity contribution in [2.45, 2.75) is 31.8 Å². The Morgan fingerprint density at radius 2 is 1.81 bits per heavy atom. The molecular formula is C20H28N4O3. The molecule has 0 unspecified atom stereocenters. The van der Waals surface area contributed by atoms with Crippen LogP contribution in [0.2, 0.25) is 0 Å². The lowest BCUT2D eigenvalue weighted by Crippen LogP contribution is -2.54. The first kappa shape index (κ1) is 18.4. The van der Waals surface area contributed by atoms with Gasteiger partial charge in [0.05, 0.1) is 5.92 Å². The highest BCUT2D eigenvalue weighted by Gasteiger charge is 2.37. The van der Waals surface area contributed by atoms with E-state index in [9.17, 15) is 9.59 Å². The van der Waals surface area contributed by atoms with Crippen LogP contribution in [-0.2, 0) is 20.9 Å². The van der Waals surface area contributed by atoms with E-state index in [1.807, 2.05) is 17.0 Å². The zero-order valence-electron chi connectivity index (χ0n) is 15.8. The van der Waals surface area contributed by atoms with Crippen LogP contribution >= 0.6 is 0 Å². The Bertz CT molecular complexity index is 654. The van der Waals surface area contributed by atoms with E-state index >= 15 is 0 Å². The second-order valence-corrected chi connectivity index (χ2v) is 7.74. The Kier molecular flexibility index (Phi) is 5.69. The Labute approximate surface area is 160 Å². The van der Waals surface area contributed by atoms with E-state index in [4.69, 9.17) is 4.74 Å². The molecular weight excluding hydrogens is 344 g/mol. The number of aromatic nitrogens is 1. The molecule has 3 fully saturated rings. The van der Waals surface area contributed by atoms with Gasteiger partial charge in [-0.15, -0.1) is 0 Å². The van der Waals surface area contributed by atoms with Crippen molar-refractivity contribution in [1.82, 2.24) is 19.7 Å². The number of carbonyl (C=O) groups is 2. The summed E-state index contributed by atoms with van der Waals surface area (Å²) in [6.07, 6.45) is 5.99. The fourth-order valence-electron chi connectivity index (χ4n) is 4.41. The number of hydrogen-bond acceptors (Lipinski definition) is 5. The molecule has 4 rings (SSSR count). The van der Waals surface area contributed by atoms with Gasteiger partial charge in [-0.05, 0) is 30.5 Å². The van der Waals surface area contributed by atoms with Gasteiger partial charge >= 0.3 is 0 Å². The summed E-state index contributed by atoms with van der Waals surface area (Å²) in [5.41, 5.74) is 1.05. The molecule has 3 saturated heterocycles. The van der Waals surface area contributed by atoms with Gasteiger partial charge in [-0.2, -0.15) is 0 Å². The molecule has 27 heavy (non-hydrogen) atoms. The summed E-state index contributed by atoms with van der Waals surface area (Å²) in [5.74, 6) is 0.0205. The first-order valence-electron chi connectivity index (χ1n) is 9.98. The zero-order chi connectivity index (χ0) is 18.6. The number of likely N-dealkylation sites (tertiary alicyclic amines) is 1. The van der Waals surface area contributed by atoms with Gasteiger partial charge in [0.25, 0.3) is 0 Å². The molecule has 1 aromatic rings. The van der Waals surface area contributed by atoms with Crippen LogP contribution in [0.4, 0.5) is 0 Å².